The fourth-order valence-corrected chi connectivity index (χ4v) is 1.52. The van der Waals surface area contributed by atoms with E-state index in [4.69, 9.17) is 16.3 Å². The van der Waals surface area contributed by atoms with Crippen LogP contribution >= 0.6 is 11.6 Å². The third-order valence-electron chi connectivity index (χ3n) is 2.13. The van der Waals surface area contributed by atoms with E-state index in [9.17, 15) is 13.2 Å². The predicted octanol–water partition coefficient (Wildman–Crippen LogP) is 3.45. The number of ether oxygens (including phenoxy) is 1. The van der Waals surface area contributed by atoms with Gasteiger partial charge in [-0.3, -0.25) is 0 Å². The lowest BCUT2D eigenvalue weighted by Crippen LogP contribution is -2.16. The van der Waals surface area contributed by atoms with Crippen LogP contribution in [0.2, 0.25) is 0 Å². The van der Waals surface area contributed by atoms with Crippen LogP contribution in [-0.2, 0) is 6.42 Å². The van der Waals surface area contributed by atoms with Crippen LogP contribution in [0.5, 0.6) is 5.75 Å². The molecule has 0 saturated heterocycles. The second-order valence-electron chi connectivity index (χ2n) is 3.29. The van der Waals surface area contributed by atoms with Gasteiger partial charge in [-0.25, -0.2) is 4.99 Å². The Bertz CT molecular complexity index is 442. The highest BCUT2D eigenvalue weighted by Crippen LogP contribution is 2.30. The second-order valence-corrected chi connectivity index (χ2v) is 3.65. The molecule has 0 bridgehead atoms. The minimum absolute atomic E-state index is 0.187. The molecule has 0 atom stereocenters. The van der Waals surface area contributed by atoms with Crippen molar-refractivity contribution in [1.29, 1.82) is 0 Å². The third-order valence-corrected chi connectivity index (χ3v) is 2.43. The van der Waals surface area contributed by atoms with Gasteiger partial charge in [-0.15, -0.1) is 0 Å². The van der Waals surface area contributed by atoms with Gasteiger partial charge in [0.2, 0.25) is 5.17 Å². The van der Waals surface area contributed by atoms with Crippen molar-refractivity contribution in [2.24, 2.45) is 4.99 Å². The molecule has 0 N–H and O–H groups in total. The van der Waals surface area contributed by atoms with E-state index < -0.39 is 11.3 Å². The van der Waals surface area contributed by atoms with Crippen LogP contribution in [0.25, 0.3) is 0 Å². The molecule has 1 aromatic carbocycles. The van der Waals surface area contributed by atoms with Crippen LogP contribution in [0.4, 0.5) is 18.9 Å². The lowest BCUT2D eigenvalue weighted by atomic mass is 10.1. The van der Waals surface area contributed by atoms with Crippen LogP contribution in [0.3, 0.4) is 0 Å². The van der Waals surface area contributed by atoms with Crippen molar-refractivity contribution in [2.75, 3.05) is 6.61 Å². The van der Waals surface area contributed by atoms with Crippen molar-refractivity contribution >= 4 is 22.5 Å². The average molecular weight is 250 g/mol. The SMILES string of the molecule is FC(F)(F)C(Cl)=Nc1ccc2c(c1)CCO2. The lowest BCUT2D eigenvalue weighted by molar-refractivity contribution is -0.0558. The minimum atomic E-state index is -4.60. The predicted molar refractivity (Wildman–Crippen MR) is 54.6 cm³/mol. The van der Waals surface area contributed by atoms with Crippen LogP contribution in [-0.4, -0.2) is 18.0 Å². The van der Waals surface area contributed by atoms with Crippen molar-refractivity contribution < 1.29 is 17.9 Å². The number of alkyl halides is 3. The molecular weight excluding hydrogens is 243 g/mol. The molecule has 2 nitrogen and oxygen atoms in total. The smallest absolute Gasteiger partial charge is 0.444 e. The van der Waals surface area contributed by atoms with Gasteiger partial charge in [-0.2, -0.15) is 13.2 Å². The van der Waals surface area contributed by atoms with E-state index >= 15 is 0 Å². The fraction of sp³-hybridized carbons (Fsp3) is 0.300. The maximum Gasteiger partial charge on any atom is 0.444 e. The van der Waals surface area contributed by atoms with Gasteiger partial charge in [0.25, 0.3) is 0 Å². The molecule has 2 rings (SSSR count). The van der Waals surface area contributed by atoms with E-state index in [-0.39, 0.29) is 5.69 Å². The van der Waals surface area contributed by atoms with Crippen LogP contribution < -0.4 is 4.74 Å². The summed E-state index contributed by atoms with van der Waals surface area (Å²) in [4.78, 5) is 3.31. The average Bonchev–Trinajstić information content (AvgIpc) is 2.63. The van der Waals surface area contributed by atoms with E-state index in [1.807, 2.05) is 0 Å². The van der Waals surface area contributed by atoms with E-state index in [1.165, 1.54) is 6.07 Å². The molecule has 1 aliphatic rings. The van der Waals surface area contributed by atoms with Gasteiger partial charge < -0.3 is 4.74 Å². The Labute approximate surface area is 94.7 Å². The number of hydrogen-bond acceptors (Lipinski definition) is 2. The van der Waals surface area contributed by atoms with E-state index in [2.05, 4.69) is 4.99 Å². The molecule has 0 unspecified atom stereocenters. The maximum absolute atomic E-state index is 12.1. The van der Waals surface area contributed by atoms with Gasteiger partial charge in [-0.05, 0) is 23.8 Å². The number of benzene rings is 1. The molecule has 0 spiro atoms. The summed E-state index contributed by atoms with van der Waals surface area (Å²) in [7, 11) is 0. The van der Waals surface area contributed by atoms with Crippen molar-refractivity contribution in [3.05, 3.63) is 23.8 Å². The van der Waals surface area contributed by atoms with E-state index in [0.717, 1.165) is 5.56 Å². The summed E-state index contributed by atoms with van der Waals surface area (Å²) in [5.41, 5.74) is 1.04. The lowest BCUT2D eigenvalue weighted by Gasteiger charge is -2.04. The van der Waals surface area contributed by atoms with Gasteiger partial charge in [0, 0.05) is 6.42 Å². The number of nitrogens with zero attached hydrogens (tertiary/aromatic N) is 1. The summed E-state index contributed by atoms with van der Waals surface area (Å²) >= 11 is 5.04. The number of hydrogen-bond donors (Lipinski definition) is 0. The van der Waals surface area contributed by atoms with Crippen molar-refractivity contribution in [1.82, 2.24) is 0 Å². The van der Waals surface area contributed by atoms with Crippen molar-refractivity contribution in [3.8, 4) is 5.75 Å². The summed E-state index contributed by atoms with van der Waals surface area (Å²) in [6, 6.07) is 4.59. The summed E-state index contributed by atoms with van der Waals surface area (Å²) < 4.78 is 41.6. The van der Waals surface area contributed by atoms with Gasteiger partial charge in [-0.1, -0.05) is 11.6 Å². The summed E-state index contributed by atoms with van der Waals surface area (Å²) in [5, 5.41) is -1.37. The molecule has 1 heterocycles. The highest BCUT2D eigenvalue weighted by atomic mass is 35.5. The topological polar surface area (TPSA) is 21.6 Å². The molecule has 1 aromatic rings. The largest absolute Gasteiger partial charge is 0.493 e. The normalized spacial score (nSPS) is 15.9. The fourth-order valence-electron chi connectivity index (χ4n) is 1.42. The monoisotopic (exact) mass is 249 g/mol. The molecule has 16 heavy (non-hydrogen) atoms. The zero-order valence-electron chi connectivity index (χ0n) is 8.01. The molecule has 0 aromatic heterocycles. The first kappa shape index (κ1) is 11.3. The number of aliphatic imine (C=N–C) groups is 1. The zero-order valence-corrected chi connectivity index (χ0v) is 8.77. The van der Waals surface area contributed by atoms with Gasteiger partial charge in [0.1, 0.15) is 5.75 Å². The first-order valence-electron chi connectivity index (χ1n) is 4.54. The molecule has 6 heteroatoms. The standard InChI is InChI=1S/C10H7ClF3NO/c11-9(10(12,13)14)15-7-1-2-8-6(5-7)3-4-16-8/h1-2,5H,3-4H2. The maximum atomic E-state index is 12.1. The van der Waals surface area contributed by atoms with Gasteiger partial charge >= 0.3 is 6.18 Å². The summed E-state index contributed by atoms with van der Waals surface area (Å²) in [5.74, 6) is 0.696. The third kappa shape index (κ3) is 2.29. The number of fused-ring (bicyclic) bond motifs is 1. The highest BCUT2D eigenvalue weighted by Gasteiger charge is 2.34. The first-order valence-corrected chi connectivity index (χ1v) is 4.92. The Morgan fingerprint density at radius 3 is 2.81 bits per heavy atom. The molecule has 0 fully saturated rings. The molecule has 1 aliphatic heterocycles. The Morgan fingerprint density at radius 2 is 2.12 bits per heavy atom. The Hall–Kier alpha value is -1.23. The van der Waals surface area contributed by atoms with Crippen molar-refractivity contribution in [3.63, 3.8) is 0 Å². The molecular formula is C10H7ClF3NO. The van der Waals surface area contributed by atoms with E-state index in [1.54, 1.807) is 12.1 Å². The second kappa shape index (κ2) is 3.97. The van der Waals surface area contributed by atoms with Crippen LogP contribution in [0, 0.1) is 0 Å². The Morgan fingerprint density at radius 1 is 1.38 bits per heavy atom. The van der Waals surface area contributed by atoms with Crippen LogP contribution in [0.1, 0.15) is 5.56 Å². The number of halogens is 4. The van der Waals surface area contributed by atoms with Gasteiger partial charge in [0.15, 0.2) is 0 Å². The highest BCUT2D eigenvalue weighted by molar-refractivity contribution is 6.67. The number of rotatable bonds is 1. The van der Waals surface area contributed by atoms with Crippen LogP contribution in [0.15, 0.2) is 23.2 Å². The molecule has 0 aliphatic carbocycles. The summed E-state index contributed by atoms with van der Waals surface area (Å²) in [6.07, 6.45) is -3.92. The quantitative estimate of drug-likeness (QED) is 0.699. The van der Waals surface area contributed by atoms with Crippen molar-refractivity contribution in [2.45, 2.75) is 12.6 Å². The Kier molecular flexibility index (Phi) is 2.80. The first-order chi connectivity index (χ1) is 7.47. The molecule has 0 amide bonds. The molecule has 86 valence electrons. The molecule has 0 radical (unpaired) electrons. The Balaban J connectivity index is 2.29. The minimum Gasteiger partial charge on any atom is -0.493 e. The zero-order chi connectivity index (χ0) is 11.8. The molecule has 0 saturated carbocycles. The summed E-state index contributed by atoms with van der Waals surface area (Å²) in [6.45, 7) is 0.551. The van der Waals surface area contributed by atoms with Gasteiger partial charge in [0.05, 0.1) is 12.3 Å². The van der Waals surface area contributed by atoms with E-state index in [0.29, 0.717) is 18.8 Å².